The van der Waals surface area contributed by atoms with Crippen molar-refractivity contribution in [1.29, 1.82) is 0 Å². The zero-order valence-corrected chi connectivity index (χ0v) is 9.33. The molecule has 76 valence electrons. The molecular weight excluding hydrogens is 204 g/mol. The van der Waals surface area contributed by atoms with E-state index in [0.717, 1.165) is 18.8 Å². The molecule has 0 atom stereocenters. The second-order valence-corrected chi connectivity index (χ2v) is 4.56. The molecule has 0 bridgehead atoms. The van der Waals surface area contributed by atoms with Gasteiger partial charge in [0, 0.05) is 22.8 Å². The van der Waals surface area contributed by atoms with Gasteiger partial charge in [-0.1, -0.05) is 18.2 Å². The molecule has 2 nitrogen and oxygen atoms in total. The predicted molar refractivity (Wildman–Crippen MR) is 65.0 cm³/mol. The van der Waals surface area contributed by atoms with Gasteiger partial charge in [0.2, 0.25) is 0 Å². The molecule has 0 aromatic heterocycles. The highest BCUT2D eigenvalue weighted by molar-refractivity contribution is 7.99. The van der Waals surface area contributed by atoms with Gasteiger partial charge in [0.1, 0.15) is 13.1 Å². The Hall–Kier alpha value is -1.40. The van der Waals surface area contributed by atoms with Gasteiger partial charge in [-0.15, -0.1) is 11.8 Å². The van der Waals surface area contributed by atoms with Crippen molar-refractivity contribution < 1.29 is 0 Å². The molecule has 1 aromatic carbocycles. The van der Waals surface area contributed by atoms with Gasteiger partial charge >= 0.3 is 5.82 Å². The number of rotatable bonds is 1. The topological polar surface area (TPSA) is 7.60 Å². The van der Waals surface area contributed by atoms with Gasteiger partial charge in [-0.3, -0.25) is 0 Å². The fourth-order valence-electron chi connectivity index (χ4n) is 1.63. The Balaban J connectivity index is 2.25. The van der Waals surface area contributed by atoms with Crippen LogP contribution >= 0.6 is 11.8 Å². The quantitative estimate of drug-likeness (QED) is 0.714. The van der Waals surface area contributed by atoms with Crippen molar-refractivity contribution in [3.63, 3.8) is 0 Å². The minimum Gasteiger partial charge on any atom is -0.243 e. The molecule has 0 unspecified atom stereocenters. The Labute approximate surface area is 94.4 Å². The molecule has 0 amide bonds. The summed E-state index contributed by atoms with van der Waals surface area (Å²) < 4.78 is 0. The molecule has 1 heterocycles. The van der Waals surface area contributed by atoms with Crippen LogP contribution in [0.5, 0.6) is 0 Å². The minimum absolute atomic E-state index is 0.660. The average Bonchev–Trinajstić information content (AvgIpc) is 2.49. The molecule has 3 heteroatoms. The van der Waals surface area contributed by atoms with Crippen LogP contribution in [0.25, 0.3) is 4.85 Å². The third kappa shape index (κ3) is 2.16. The summed E-state index contributed by atoms with van der Waals surface area (Å²) in [6, 6.07) is 8.44. The smallest absolute Gasteiger partial charge is 0.243 e. The third-order valence-corrected chi connectivity index (χ3v) is 3.56. The van der Waals surface area contributed by atoms with E-state index in [2.05, 4.69) is 40.6 Å². The Bertz CT molecular complexity index is 420. The summed E-state index contributed by atoms with van der Waals surface area (Å²) in [5.74, 6) is 1.71. The first-order valence-electron chi connectivity index (χ1n) is 4.87. The van der Waals surface area contributed by atoms with E-state index in [0.29, 0.717) is 5.82 Å². The molecule has 0 saturated carbocycles. The Morgan fingerprint density at radius 2 is 2.27 bits per heavy atom. The van der Waals surface area contributed by atoms with Crippen molar-refractivity contribution in [2.45, 2.75) is 11.4 Å². The first-order valence-corrected chi connectivity index (χ1v) is 5.85. The highest BCUT2D eigenvalue weighted by atomic mass is 32.2. The van der Waals surface area contributed by atoms with Gasteiger partial charge in [-0.05, 0) is 6.07 Å². The Morgan fingerprint density at radius 1 is 1.47 bits per heavy atom. The molecule has 2 rings (SSSR count). The van der Waals surface area contributed by atoms with Gasteiger partial charge in [0.05, 0.1) is 6.54 Å². The molecule has 0 radical (unpaired) electrons. The van der Waals surface area contributed by atoms with E-state index >= 15 is 0 Å². The minimum atomic E-state index is 0.660. The monoisotopic (exact) mass is 217 g/mol. The molecule has 0 N–H and O–H groups in total. The number of hydrogen-bond acceptors (Lipinski definition) is 2. The zero-order valence-electron chi connectivity index (χ0n) is 8.52. The summed E-state index contributed by atoms with van der Waals surface area (Å²) in [4.78, 5) is 7.11. The van der Waals surface area contributed by atoms with E-state index in [1.54, 1.807) is 0 Å². The van der Waals surface area contributed by atoms with Crippen molar-refractivity contribution in [3.8, 4) is 6.57 Å². The summed E-state index contributed by atoms with van der Waals surface area (Å²) >= 11 is 1.88. The fraction of sp³-hybridized carbons (Fsp3) is 0.250. The maximum Gasteiger partial charge on any atom is 0.373 e. The number of benzene rings is 1. The molecule has 0 fully saturated rings. The lowest BCUT2D eigenvalue weighted by atomic mass is 10.2. The molecule has 1 aliphatic heterocycles. The zero-order chi connectivity index (χ0) is 10.7. The first-order chi connectivity index (χ1) is 7.31. The van der Waals surface area contributed by atoms with Gasteiger partial charge in [0.15, 0.2) is 0 Å². The maximum absolute atomic E-state index is 5.25. The van der Waals surface area contributed by atoms with E-state index in [9.17, 15) is 0 Å². The summed E-state index contributed by atoms with van der Waals surface area (Å²) in [6.07, 6.45) is 0. The molecule has 1 aromatic rings. The second-order valence-electron chi connectivity index (χ2n) is 3.42. The van der Waals surface area contributed by atoms with E-state index in [4.69, 9.17) is 6.57 Å². The lowest BCUT2D eigenvalue weighted by molar-refractivity contribution is 0.371. The van der Waals surface area contributed by atoms with Gasteiger partial charge in [-0.2, -0.15) is 4.85 Å². The lowest BCUT2D eigenvalue weighted by Gasteiger charge is -2.11. The van der Waals surface area contributed by atoms with Crippen LogP contribution in [0.1, 0.15) is 5.56 Å². The molecule has 0 spiro atoms. The number of thioether (sulfide) groups is 1. The van der Waals surface area contributed by atoms with E-state index in [1.807, 2.05) is 11.8 Å². The van der Waals surface area contributed by atoms with Crippen LogP contribution in [0.4, 0.5) is 0 Å². The van der Waals surface area contributed by atoms with Gasteiger partial charge in [-0.25, -0.2) is 4.90 Å². The molecule has 0 saturated heterocycles. The molecule has 0 aliphatic carbocycles. The molecular formula is C12H13N2S+. The average molecular weight is 217 g/mol. The Morgan fingerprint density at radius 3 is 3.07 bits per heavy atom. The summed E-state index contributed by atoms with van der Waals surface area (Å²) in [5, 5.41) is 0. The van der Waals surface area contributed by atoms with Crippen molar-refractivity contribution >= 4 is 11.8 Å². The normalized spacial score (nSPS) is 15.0. The van der Waals surface area contributed by atoms with Crippen LogP contribution in [0.2, 0.25) is 0 Å². The highest BCUT2D eigenvalue weighted by Gasteiger charge is 2.21. The summed E-state index contributed by atoms with van der Waals surface area (Å²) in [6.45, 7) is 10.9. The third-order valence-electron chi connectivity index (χ3n) is 2.47. The van der Waals surface area contributed by atoms with Crippen LogP contribution in [-0.2, 0) is 6.54 Å². The summed E-state index contributed by atoms with van der Waals surface area (Å²) in [7, 11) is 0. The van der Waals surface area contributed by atoms with Crippen LogP contribution in [-0.4, -0.2) is 17.2 Å². The van der Waals surface area contributed by atoms with Crippen molar-refractivity contribution in [2.75, 3.05) is 12.3 Å². The Kier molecular flexibility index (Phi) is 2.98. The number of nitrogens with zero attached hydrogens (tertiary/aromatic N) is 2. The van der Waals surface area contributed by atoms with E-state index < -0.39 is 0 Å². The largest absolute Gasteiger partial charge is 0.373 e. The van der Waals surface area contributed by atoms with E-state index in [1.165, 1.54) is 10.5 Å². The first kappa shape index (κ1) is 10.1. The maximum atomic E-state index is 5.25. The SMILES string of the molecule is C#[N+]C(=C)N1CCSc2ccccc2C1. The predicted octanol–water partition coefficient (Wildman–Crippen LogP) is 3.03. The van der Waals surface area contributed by atoms with Crippen molar-refractivity contribution in [1.82, 2.24) is 4.90 Å². The number of hydrogen-bond donors (Lipinski definition) is 0. The van der Waals surface area contributed by atoms with Gasteiger partial charge < -0.3 is 0 Å². The molecule has 1 aliphatic rings. The highest BCUT2D eigenvalue weighted by Crippen LogP contribution is 2.28. The fourth-order valence-corrected chi connectivity index (χ4v) is 2.65. The van der Waals surface area contributed by atoms with Gasteiger partial charge in [0.25, 0.3) is 0 Å². The standard InChI is InChI=1S/C12H13N2S/c1-10(13-2)14-7-8-15-12-6-4-3-5-11(12)9-14/h2-6H,1,7-9H2/q+1. The van der Waals surface area contributed by atoms with E-state index in [-0.39, 0.29) is 0 Å². The van der Waals surface area contributed by atoms with Crippen LogP contribution < -0.4 is 0 Å². The van der Waals surface area contributed by atoms with Crippen LogP contribution in [0.15, 0.2) is 41.6 Å². The van der Waals surface area contributed by atoms with Crippen LogP contribution in [0.3, 0.4) is 0 Å². The summed E-state index contributed by atoms with van der Waals surface area (Å²) in [5.41, 5.74) is 1.32. The van der Waals surface area contributed by atoms with Crippen molar-refractivity contribution in [3.05, 3.63) is 47.1 Å². The van der Waals surface area contributed by atoms with Crippen LogP contribution in [0, 0.1) is 6.57 Å². The lowest BCUT2D eigenvalue weighted by Crippen LogP contribution is -2.21. The molecule has 15 heavy (non-hydrogen) atoms. The van der Waals surface area contributed by atoms with Crippen molar-refractivity contribution in [2.24, 2.45) is 0 Å². The second kappa shape index (κ2) is 4.41. The number of fused-ring (bicyclic) bond motifs is 1.